The van der Waals surface area contributed by atoms with Gasteiger partial charge in [0.2, 0.25) is 5.88 Å². The first-order valence-electron chi connectivity index (χ1n) is 3.88. The molecule has 12 heavy (non-hydrogen) atoms. The molecule has 0 amide bonds. The van der Waals surface area contributed by atoms with E-state index in [1.807, 2.05) is 13.0 Å². The van der Waals surface area contributed by atoms with Gasteiger partial charge in [0.15, 0.2) is 0 Å². The van der Waals surface area contributed by atoms with Crippen molar-refractivity contribution in [2.24, 2.45) is 0 Å². The minimum absolute atomic E-state index is 0.160. The molecule has 1 heterocycles. The van der Waals surface area contributed by atoms with E-state index in [4.69, 9.17) is 9.84 Å². The third-order valence-electron chi connectivity index (χ3n) is 1.68. The highest BCUT2D eigenvalue weighted by Gasteiger charge is 2.00. The molecule has 0 atom stereocenters. The Labute approximate surface area is 72.0 Å². The lowest BCUT2D eigenvalue weighted by molar-refractivity contribution is 0.299. The summed E-state index contributed by atoms with van der Waals surface area (Å²) in [6.07, 6.45) is 2.37. The molecule has 0 aromatic carbocycles. The number of aliphatic hydroxyl groups excluding tert-OH is 1. The van der Waals surface area contributed by atoms with Crippen molar-refractivity contribution in [2.75, 3.05) is 13.7 Å². The van der Waals surface area contributed by atoms with Gasteiger partial charge in [-0.1, -0.05) is 0 Å². The molecule has 3 heteroatoms. The van der Waals surface area contributed by atoms with E-state index in [9.17, 15) is 0 Å². The number of methoxy groups -OCH3 is 1. The topological polar surface area (TPSA) is 42.4 Å². The van der Waals surface area contributed by atoms with Crippen LogP contribution < -0.4 is 4.74 Å². The summed E-state index contributed by atoms with van der Waals surface area (Å²) in [4.78, 5) is 4.08. The van der Waals surface area contributed by atoms with Gasteiger partial charge in [-0.25, -0.2) is 4.98 Å². The molecule has 0 saturated heterocycles. The summed E-state index contributed by atoms with van der Waals surface area (Å²) < 4.78 is 5.00. The van der Waals surface area contributed by atoms with Gasteiger partial charge < -0.3 is 9.84 Å². The Morgan fingerprint density at radius 2 is 2.33 bits per heavy atom. The van der Waals surface area contributed by atoms with Gasteiger partial charge in [-0.15, -0.1) is 0 Å². The smallest absolute Gasteiger partial charge is 0.215 e. The fourth-order valence-corrected chi connectivity index (χ4v) is 1.10. The van der Waals surface area contributed by atoms with Gasteiger partial charge in [0.1, 0.15) is 0 Å². The normalized spacial score (nSPS) is 9.92. The number of ether oxygens (including phenoxy) is 1. The minimum Gasteiger partial charge on any atom is -0.481 e. The van der Waals surface area contributed by atoms with Crippen molar-refractivity contribution in [1.29, 1.82) is 0 Å². The zero-order valence-electron chi connectivity index (χ0n) is 7.37. The second kappa shape index (κ2) is 4.07. The lowest BCUT2D eigenvalue weighted by Gasteiger charge is -2.04. The third kappa shape index (κ3) is 1.95. The largest absolute Gasteiger partial charge is 0.481 e. The van der Waals surface area contributed by atoms with E-state index in [1.165, 1.54) is 0 Å². The fraction of sp³-hybridized carbons (Fsp3) is 0.444. The molecule has 1 aromatic heterocycles. The molecule has 0 bridgehead atoms. The summed E-state index contributed by atoms with van der Waals surface area (Å²) in [5.74, 6) is 0.650. The van der Waals surface area contributed by atoms with Crippen LogP contribution in [0.5, 0.6) is 5.88 Å². The summed E-state index contributed by atoms with van der Waals surface area (Å²) in [6, 6.07) is 1.97. The molecular weight excluding hydrogens is 154 g/mol. The van der Waals surface area contributed by atoms with Crippen LogP contribution in [0.2, 0.25) is 0 Å². The number of aliphatic hydroxyl groups is 1. The summed E-state index contributed by atoms with van der Waals surface area (Å²) in [5, 5.41) is 8.68. The maximum Gasteiger partial charge on any atom is 0.215 e. The average molecular weight is 167 g/mol. The average Bonchev–Trinajstić information content (AvgIpc) is 2.05. The van der Waals surface area contributed by atoms with Crippen molar-refractivity contribution in [3.8, 4) is 5.88 Å². The van der Waals surface area contributed by atoms with E-state index in [0.29, 0.717) is 12.3 Å². The molecule has 0 spiro atoms. The highest BCUT2D eigenvalue weighted by atomic mass is 16.5. The Morgan fingerprint density at radius 3 is 2.83 bits per heavy atom. The number of aromatic nitrogens is 1. The van der Waals surface area contributed by atoms with Crippen LogP contribution >= 0.6 is 0 Å². The molecular formula is C9H13NO2. The number of aryl methyl sites for hydroxylation is 1. The summed E-state index contributed by atoms with van der Waals surface area (Å²) >= 11 is 0. The molecule has 66 valence electrons. The van der Waals surface area contributed by atoms with Gasteiger partial charge in [0, 0.05) is 18.4 Å². The van der Waals surface area contributed by atoms with Crippen molar-refractivity contribution in [3.05, 3.63) is 23.4 Å². The quantitative estimate of drug-likeness (QED) is 0.728. The SMILES string of the molecule is COc1ncc(CCO)cc1C. The first-order chi connectivity index (χ1) is 5.77. The molecule has 0 aliphatic carbocycles. The molecule has 1 aromatic rings. The van der Waals surface area contributed by atoms with Crippen molar-refractivity contribution >= 4 is 0 Å². The molecule has 1 N–H and O–H groups in total. The number of nitrogens with zero attached hydrogens (tertiary/aromatic N) is 1. The Bertz CT molecular complexity index is 261. The molecule has 0 unspecified atom stereocenters. The van der Waals surface area contributed by atoms with Crippen LogP contribution in [0.25, 0.3) is 0 Å². The van der Waals surface area contributed by atoms with Crippen LogP contribution in [0.3, 0.4) is 0 Å². The summed E-state index contributed by atoms with van der Waals surface area (Å²) in [6.45, 7) is 2.10. The fourth-order valence-electron chi connectivity index (χ4n) is 1.10. The molecule has 0 fully saturated rings. The molecule has 1 rings (SSSR count). The highest BCUT2D eigenvalue weighted by Crippen LogP contribution is 2.14. The van der Waals surface area contributed by atoms with E-state index in [1.54, 1.807) is 13.3 Å². The second-order valence-corrected chi connectivity index (χ2v) is 2.64. The number of pyridine rings is 1. The van der Waals surface area contributed by atoms with Gasteiger partial charge >= 0.3 is 0 Å². The zero-order valence-corrected chi connectivity index (χ0v) is 7.37. The standard InChI is InChI=1S/C9H13NO2/c1-7-5-8(3-4-11)6-10-9(7)12-2/h5-6,11H,3-4H2,1-2H3. The highest BCUT2D eigenvalue weighted by molar-refractivity contribution is 5.28. The second-order valence-electron chi connectivity index (χ2n) is 2.64. The molecule has 0 radical (unpaired) electrons. The number of rotatable bonds is 3. The van der Waals surface area contributed by atoms with E-state index in [2.05, 4.69) is 4.98 Å². The molecule has 0 aliphatic rings. The van der Waals surface area contributed by atoms with Crippen LogP contribution in [-0.4, -0.2) is 23.8 Å². The summed E-state index contributed by atoms with van der Waals surface area (Å²) in [5.41, 5.74) is 2.04. The number of hydrogen-bond acceptors (Lipinski definition) is 3. The van der Waals surface area contributed by atoms with Gasteiger partial charge in [0.05, 0.1) is 7.11 Å². The predicted molar refractivity (Wildman–Crippen MR) is 46.3 cm³/mol. The Balaban J connectivity index is 2.86. The Morgan fingerprint density at radius 1 is 1.58 bits per heavy atom. The van der Waals surface area contributed by atoms with Crippen LogP contribution in [0.1, 0.15) is 11.1 Å². The van der Waals surface area contributed by atoms with Crippen molar-refractivity contribution in [1.82, 2.24) is 4.98 Å². The predicted octanol–water partition coefficient (Wildman–Crippen LogP) is 0.933. The van der Waals surface area contributed by atoms with Gasteiger partial charge in [-0.3, -0.25) is 0 Å². The van der Waals surface area contributed by atoms with Crippen LogP contribution in [0.15, 0.2) is 12.3 Å². The number of hydrogen-bond donors (Lipinski definition) is 1. The maximum absolute atomic E-state index is 8.68. The minimum atomic E-state index is 0.160. The van der Waals surface area contributed by atoms with Gasteiger partial charge in [-0.05, 0) is 25.0 Å². The van der Waals surface area contributed by atoms with Crippen molar-refractivity contribution < 1.29 is 9.84 Å². The maximum atomic E-state index is 8.68. The van der Waals surface area contributed by atoms with Crippen molar-refractivity contribution in [3.63, 3.8) is 0 Å². The molecule has 0 aliphatic heterocycles. The van der Waals surface area contributed by atoms with Crippen LogP contribution in [0.4, 0.5) is 0 Å². The lowest BCUT2D eigenvalue weighted by Crippen LogP contribution is -1.96. The Kier molecular flexibility index (Phi) is 3.05. The van der Waals surface area contributed by atoms with E-state index < -0.39 is 0 Å². The monoisotopic (exact) mass is 167 g/mol. The first kappa shape index (κ1) is 9.00. The summed E-state index contributed by atoms with van der Waals surface area (Å²) in [7, 11) is 1.60. The van der Waals surface area contributed by atoms with E-state index >= 15 is 0 Å². The van der Waals surface area contributed by atoms with Gasteiger partial charge in [0.25, 0.3) is 0 Å². The first-order valence-corrected chi connectivity index (χ1v) is 3.88. The van der Waals surface area contributed by atoms with E-state index in [-0.39, 0.29) is 6.61 Å². The Hall–Kier alpha value is -1.09. The molecule has 3 nitrogen and oxygen atoms in total. The van der Waals surface area contributed by atoms with Crippen molar-refractivity contribution in [2.45, 2.75) is 13.3 Å². The lowest BCUT2D eigenvalue weighted by atomic mass is 10.2. The molecule has 0 saturated carbocycles. The van der Waals surface area contributed by atoms with Gasteiger partial charge in [-0.2, -0.15) is 0 Å². The van der Waals surface area contributed by atoms with Crippen LogP contribution in [-0.2, 0) is 6.42 Å². The van der Waals surface area contributed by atoms with E-state index in [0.717, 1.165) is 11.1 Å². The van der Waals surface area contributed by atoms with Crippen LogP contribution in [0, 0.1) is 6.92 Å². The third-order valence-corrected chi connectivity index (χ3v) is 1.68. The zero-order chi connectivity index (χ0) is 8.97.